The van der Waals surface area contributed by atoms with Gasteiger partial charge in [-0.15, -0.1) is 0 Å². The van der Waals surface area contributed by atoms with Crippen molar-refractivity contribution in [1.82, 2.24) is 0 Å². The third-order valence-electron chi connectivity index (χ3n) is 7.15. The molecule has 144 valence electrons. The van der Waals surface area contributed by atoms with Gasteiger partial charge in [-0.25, -0.2) is 0 Å². The average molecular weight is 381 g/mol. The lowest BCUT2D eigenvalue weighted by Gasteiger charge is -2.50. The highest BCUT2D eigenvalue weighted by atomic mass is 28.4. The minimum atomic E-state index is -1.72. The molecule has 0 spiro atoms. The minimum absolute atomic E-state index is 0.131. The maximum absolute atomic E-state index is 6.43. The lowest BCUT2D eigenvalue weighted by Crippen LogP contribution is -2.46. The van der Waals surface area contributed by atoms with Crippen molar-refractivity contribution in [2.24, 2.45) is 10.8 Å². The van der Waals surface area contributed by atoms with E-state index in [1.807, 2.05) is 0 Å². The fraction of sp³-hybridized carbons (Fsp3) is 0.500. The Morgan fingerprint density at radius 1 is 1.04 bits per heavy atom. The predicted molar refractivity (Wildman–Crippen MR) is 114 cm³/mol. The number of benzene rings is 1. The molecule has 1 saturated carbocycles. The second-order valence-electron chi connectivity index (χ2n) is 9.65. The lowest BCUT2D eigenvalue weighted by molar-refractivity contribution is 0.0734. The molecular formula is C24H32O2Si. The van der Waals surface area contributed by atoms with Crippen molar-refractivity contribution in [3.05, 3.63) is 66.0 Å². The maximum Gasteiger partial charge on any atom is 0.242 e. The van der Waals surface area contributed by atoms with Crippen molar-refractivity contribution >= 4 is 8.32 Å². The molecule has 3 aliphatic rings. The maximum atomic E-state index is 6.43. The summed E-state index contributed by atoms with van der Waals surface area (Å²) in [4.78, 5) is 0. The summed E-state index contributed by atoms with van der Waals surface area (Å²) in [5.74, 6) is 1.78. The second kappa shape index (κ2) is 5.87. The van der Waals surface area contributed by atoms with Crippen LogP contribution in [-0.4, -0.2) is 15.4 Å². The van der Waals surface area contributed by atoms with Crippen LogP contribution in [-0.2, 0) is 9.84 Å². The van der Waals surface area contributed by atoms with E-state index in [9.17, 15) is 0 Å². The molecule has 3 heteroatoms. The van der Waals surface area contributed by atoms with E-state index in [1.54, 1.807) is 7.11 Å². The van der Waals surface area contributed by atoms with E-state index in [1.165, 1.54) is 36.8 Å². The number of hydrogen-bond acceptors (Lipinski definition) is 2. The first kappa shape index (κ1) is 18.6. The van der Waals surface area contributed by atoms with Crippen molar-refractivity contribution in [1.29, 1.82) is 0 Å². The third-order valence-corrected chi connectivity index (χ3v) is 8.01. The van der Waals surface area contributed by atoms with Gasteiger partial charge in [0, 0.05) is 16.4 Å². The standard InChI is InChI=1S/C24H32O2Si/c1-18(26-27(4,5)6)21-17-23-14-8-7-13-22(23,2)24(21,16-15-23)19-9-11-20(25-3)12-10-19/h9-12,15-17H,1,7-8,13-14H2,2-6H3/t22-,23-,24-/m0/s1. The summed E-state index contributed by atoms with van der Waals surface area (Å²) in [5, 5.41) is 0. The molecule has 0 N–H and O–H groups in total. The van der Waals surface area contributed by atoms with Gasteiger partial charge in [-0.3, -0.25) is 0 Å². The number of hydrogen-bond donors (Lipinski definition) is 0. The Balaban J connectivity index is 1.87. The zero-order valence-corrected chi connectivity index (χ0v) is 18.4. The van der Waals surface area contributed by atoms with E-state index >= 15 is 0 Å². The van der Waals surface area contributed by atoms with Crippen LogP contribution in [0, 0.1) is 10.8 Å². The van der Waals surface area contributed by atoms with E-state index in [-0.39, 0.29) is 16.2 Å². The first-order valence-electron chi connectivity index (χ1n) is 10.1. The summed E-state index contributed by atoms with van der Waals surface area (Å²) in [6, 6.07) is 8.64. The molecule has 3 atom stereocenters. The number of methoxy groups -OCH3 is 1. The Labute approximate surface area is 165 Å². The molecule has 1 aromatic carbocycles. The minimum Gasteiger partial charge on any atom is -0.545 e. The fourth-order valence-electron chi connectivity index (χ4n) is 5.88. The monoisotopic (exact) mass is 380 g/mol. The Bertz CT molecular complexity index is 829. The van der Waals surface area contributed by atoms with Crippen LogP contribution in [0.25, 0.3) is 0 Å². The van der Waals surface area contributed by atoms with Gasteiger partial charge in [0.25, 0.3) is 0 Å². The Hall–Kier alpha value is -1.74. The predicted octanol–water partition coefficient (Wildman–Crippen LogP) is 6.37. The molecule has 1 aromatic rings. The average Bonchev–Trinajstić information content (AvgIpc) is 3.02. The summed E-state index contributed by atoms with van der Waals surface area (Å²) < 4.78 is 11.8. The molecule has 4 rings (SSSR count). The van der Waals surface area contributed by atoms with Gasteiger partial charge in [0.2, 0.25) is 8.32 Å². The van der Waals surface area contributed by atoms with Crippen LogP contribution < -0.4 is 4.74 Å². The molecule has 27 heavy (non-hydrogen) atoms. The van der Waals surface area contributed by atoms with Crippen molar-refractivity contribution in [3.63, 3.8) is 0 Å². The molecule has 1 fully saturated rings. The molecule has 0 aliphatic heterocycles. The highest BCUT2D eigenvalue weighted by molar-refractivity contribution is 6.70. The lowest BCUT2D eigenvalue weighted by atomic mass is 9.52. The zero-order valence-electron chi connectivity index (χ0n) is 17.4. The van der Waals surface area contributed by atoms with E-state index in [4.69, 9.17) is 9.16 Å². The molecule has 0 unspecified atom stereocenters. The normalized spacial score (nSPS) is 34.2. The Morgan fingerprint density at radius 3 is 2.33 bits per heavy atom. The molecule has 2 bridgehead atoms. The smallest absolute Gasteiger partial charge is 0.242 e. The molecular weight excluding hydrogens is 348 g/mol. The molecule has 0 saturated heterocycles. The van der Waals surface area contributed by atoms with Gasteiger partial charge >= 0.3 is 0 Å². The van der Waals surface area contributed by atoms with Crippen LogP contribution in [0.5, 0.6) is 5.75 Å². The fourth-order valence-corrected chi connectivity index (χ4v) is 6.73. The van der Waals surface area contributed by atoms with Crippen LogP contribution in [0.2, 0.25) is 19.6 Å². The first-order valence-corrected chi connectivity index (χ1v) is 13.5. The van der Waals surface area contributed by atoms with Crippen LogP contribution in [0.1, 0.15) is 38.2 Å². The summed E-state index contributed by atoms with van der Waals surface area (Å²) in [5.41, 5.74) is 2.74. The van der Waals surface area contributed by atoms with Crippen LogP contribution >= 0.6 is 0 Å². The van der Waals surface area contributed by atoms with E-state index < -0.39 is 8.32 Å². The van der Waals surface area contributed by atoms with Crippen LogP contribution in [0.3, 0.4) is 0 Å². The number of ether oxygens (including phenoxy) is 1. The highest BCUT2D eigenvalue weighted by Gasteiger charge is 2.68. The van der Waals surface area contributed by atoms with Gasteiger partial charge in [-0.2, -0.15) is 0 Å². The summed E-state index contributed by atoms with van der Waals surface area (Å²) >= 11 is 0. The summed E-state index contributed by atoms with van der Waals surface area (Å²) in [6.45, 7) is 13.6. The second-order valence-corrected chi connectivity index (χ2v) is 14.1. The highest BCUT2D eigenvalue weighted by Crippen LogP contribution is 2.74. The quantitative estimate of drug-likeness (QED) is 0.335. The van der Waals surface area contributed by atoms with Gasteiger partial charge in [0.15, 0.2) is 0 Å². The zero-order chi connectivity index (χ0) is 19.5. The van der Waals surface area contributed by atoms with Crippen LogP contribution in [0.15, 0.2) is 60.4 Å². The largest absolute Gasteiger partial charge is 0.545 e. The molecule has 0 amide bonds. The topological polar surface area (TPSA) is 18.5 Å². The number of allylic oxidation sites excluding steroid dienone is 4. The van der Waals surface area contributed by atoms with Crippen LogP contribution in [0.4, 0.5) is 0 Å². The summed E-state index contributed by atoms with van der Waals surface area (Å²) in [7, 11) is -0.000854. The third kappa shape index (κ3) is 2.43. The van der Waals surface area contributed by atoms with Gasteiger partial charge in [-0.05, 0) is 55.6 Å². The van der Waals surface area contributed by atoms with E-state index in [0.717, 1.165) is 11.5 Å². The Kier molecular flexibility index (Phi) is 4.05. The van der Waals surface area contributed by atoms with Crippen molar-refractivity contribution in [2.75, 3.05) is 7.11 Å². The van der Waals surface area contributed by atoms with Crippen molar-refractivity contribution in [2.45, 2.75) is 57.7 Å². The molecule has 0 radical (unpaired) electrons. The SMILES string of the molecule is C=C(O[Si](C)(C)C)C1=C[C@]23C=C[C@@]1(c1ccc(OC)cc1)[C@@]2(C)CCCC3. The number of rotatable bonds is 5. The molecule has 2 nitrogen and oxygen atoms in total. The van der Waals surface area contributed by atoms with E-state index in [2.05, 4.69) is 75.6 Å². The Morgan fingerprint density at radius 2 is 1.70 bits per heavy atom. The molecule has 0 aromatic heterocycles. The summed E-state index contributed by atoms with van der Waals surface area (Å²) in [6.07, 6.45) is 12.5. The molecule has 0 heterocycles. The van der Waals surface area contributed by atoms with E-state index in [0.29, 0.717) is 0 Å². The molecule has 3 aliphatic carbocycles. The van der Waals surface area contributed by atoms with Gasteiger partial charge in [0.05, 0.1) is 12.9 Å². The van der Waals surface area contributed by atoms with Gasteiger partial charge in [-0.1, -0.05) is 56.7 Å². The first-order chi connectivity index (χ1) is 12.7. The van der Waals surface area contributed by atoms with Gasteiger partial charge < -0.3 is 9.16 Å². The van der Waals surface area contributed by atoms with Gasteiger partial charge in [0.1, 0.15) is 5.75 Å². The van der Waals surface area contributed by atoms with Crippen molar-refractivity contribution < 1.29 is 9.16 Å². The van der Waals surface area contributed by atoms with Crippen molar-refractivity contribution in [3.8, 4) is 5.75 Å².